The Morgan fingerprint density at radius 2 is 2.05 bits per heavy atom. The van der Waals surface area contributed by atoms with Crippen LogP contribution in [0.1, 0.15) is 23.0 Å². The number of aromatic nitrogens is 3. The van der Waals surface area contributed by atoms with Crippen molar-refractivity contribution in [2.24, 2.45) is 5.73 Å². The first-order valence-electron chi connectivity index (χ1n) is 12.3. The zero-order valence-electron chi connectivity index (χ0n) is 21.3. The number of carbonyl (C=O) groups excluding carboxylic acids is 1. The molecule has 4 N–H and O–H groups in total. The summed E-state index contributed by atoms with van der Waals surface area (Å²) in [6.07, 6.45) is 2.73. The van der Waals surface area contributed by atoms with E-state index in [1.54, 1.807) is 24.3 Å². The van der Waals surface area contributed by atoms with Crippen LogP contribution in [0, 0.1) is 5.82 Å². The number of nitrogens with zero attached hydrogens (tertiary/aromatic N) is 2. The zero-order chi connectivity index (χ0) is 29.0. The van der Waals surface area contributed by atoms with E-state index in [-0.39, 0.29) is 56.1 Å². The fourth-order valence-corrected chi connectivity index (χ4v) is 5.10. The second kappa shape index (κ2) is 9.88. The van der Waals surface area contributed by atoms with Crippen LogP contribution in [0.5, 0.6) is 5.75 Å². The Kier molecular flexibility index (Phi) is 6.32. The van der Waals surface area contributed by atoms with Crippen LogP contribution >= 0.6 is 11.6 Å². The van der Waals surface area contributed by atoms with Gasteiger partial charge in [0.1, 0.15) is 34.0 Å². The Morgan fingerprint density at radius 3 is 2.78 bits per heavy atom. The van der Waals surface area contributed by atoms with E-state index < -0.39 is 29.4 Å². The van der Waals surface area contributed by atoms with Crippen LogP contribution in [0.3, 0.4) is 0 Å². The minimum atomic E-state index is -1.34. The van der Waals surface area contributed by atoms with Gasteiger partial charge in [0.2, 0.25) is 0 Å². The van der Waals surface area contributed by atoms with Crippen molar-refractivity contribution >= 4 is 56.3 Å². The van der Waals surface area contributed by atoms with Crippen molar-refractivity contribution in [3.05, 3.63) is 93.6 Å². The van der Waals surface area contributed by atoms with Crippen LogP contribution in [0.15, 0.2) is 70.2 Å². The van der Waals surface area contributed by atoms with Crippen LogP contribution in [0.25, 0.3) is 43.9 Å². The van der Waals surface area contributed by atoms with Crippen LogP contribution < -0.4 is 16.0 Å². The molecule has 0 aliphatic carbocycles. The highest BCUT2D eigenvalue weighted by molar-refractivity contribution is 6.30. The number of aromatic amines is 1. The van der Waals surface area contributed by atoms with Gasteiger partial charge in [-0.25, -0.2) is 19.0 Å². The largest absolute Gasteiger partial charge is 0.477 e. The van der Waals surface area contributed by atoms with Crippen molar-refractivity contribution in [1.82, 2.24) is 14.5 Å². The number of esters is 1. The number of carboxylic acid groups (broad SMARTS) is 1. The maximum atomic E-state index is 15.2. The molecule has 0 aliphatic rings. The molecule has 0 unspecified atom stereocenters. The number of aromatic carboxylic acids is 1. The van der Waals surface area contributed by atoms with E-state index in [9.17, 15) is 19.5 Å². The van der Waals surface area contributed by atoms with E-state index in [0.717, 1.165) is 0 Å². The van der Waals surface area contributed by atoms with Crippen molar-refractivity contribution in [2.75, 3.05) is 0 Å². The van der Waals surface area contributed by atoms with E-state index in [4.69, 9.17) is 26.5 Å². The summed E-state index contributed by atoms with van der Waals surface area (Å²) < 4.78 is 27.4. The van der Waals surface area contributed by atoms with E-state index in [2.05, 4.69) is 9.97 Å². The van der Waals surface area contributed by atoms with Crippen molar-refractivity contribution in [1.29, 1.82) is 0 Å². The van der Waals surface area contributed by atoms with E-state index in [1.165, 1.54) is 48.2 Å². The topological polar surface area (TPSA) is 153 Å². The number of rotatable bonds is 6. The molecule has 10 nitrogen and oxygen atoms in total. The fraction of sp³-hybridized carbons (Fsp3) is 0.103. The summed E-state index contributed by atoms with van der Waals surface area (Å²) in [7, 11) is 0. The molecule has 4 aromatic heterocycles. The number of fused-ring (bicyclic) bond motifs is 4. The number of halogens is 2. The van der Waals surface area contributed by atoms with Crippen LogP contribution in [0.2, 0.25) is 5.15 Å². The molecular formula is C29H20ClFN4O6. The van der Waals surface area contributed by atoms with E-state index >= 15 is 4.39 Å². The van der Waals surface area contributed by atoms with Crippen LogP contribution in [-0.2, 0) is 11.3 Å². The predicted octanol–water partition coefficient (Wildman–Crippen LogP) is 5.08. The second-order valence-electron chi connectivity index (χ2n) is 9.45. The number of carboxylic acids is 1. The SMILES string of the molecule is C[C@@H](N)C(=O)Oc1ccc2cc(Cn3c(C(=O)O)c(-c4ccc[nH]c4=O)c4c5occc5c(F)cc43)c(Cl)nc2c1. The van der Waals surface area contributed by atoms with E-state index in [0.29, 0.717) is 16.5 Å². The number of pyridine rings is 2. The average molecular weight is 575 g/mol. The molecule has 6 rings (SSSR count). The molecule has 2 aromatic carbocycles. The third kappa shape index (κ3) is 4.41. The van der Waals surface area contributed by atoms with Gasteiger partial charge in [0.25, 0.3) is 5.56 Å². The van der Waals surface area contributed by atoms with Crippen molar-refractivity contribution in [3.8, 4) is 16.9 Å². The van der Waals surface area contributed by atoms with Gasteiger partial charge >= 0.3 is 11.9 Å². The summed E-state index contributed by atoms with van der Waals surface area (Å²) in [5.41, 5.74) is 6.09. The van der Waals surface area contributed by atoms with E-state index in [1.807, 2.05) is 0 Å². The van der Waals surface area contributed by atoms with Crippen molar-refractivity contribution < 1.29 is 28.2 Å². The summed E-state index contributed by atoms with van der Waals surface area (Å²) in [4.78, 5) is 44.5. The minimum Gasteiger partial charge on any atom is -0.477 e. The molecule has 206 valence electrons. The highest BCUT2D eigenvalue weighted by Gasteiger charge is 2.29. The molecule has 6 aromatic rings. The van der Waals surface area contributed by atoms with Gasteiger partial charge in [-0.2, -0.15) is 0 Å². The van der Waals surface area contributed by atoms with Gasteiger partial charge < -0.3 is 29.5 Å². The molecule has 4 heterocycles. The molecule has 0 saturated heterocycles. The molecule has 1 atom stereocenters. The smallest absolute Gasteiger partial charge is 0.353 e. The molecule has 0 amide bonds. The molecule has 0 aliphatic heterocycles. The van der Waals surface area contributed by atoms with Gasteiger partial charge in [-0.3, -0.25) is 4.79 Å². The Hall–Kier alpha value is -5.00. The molecule has 12 heteroatoms. The number of benzene rings is 2. The first-order chi connectivity index (χ1) is 19.6. The number of carbonyl (C=O) groups is 2. The fourth-order valence-electron chi connectivity index (χ4n) is 4.89. The molecule has 41 heavy (non-hydrogen) atoms. The maximum absolute atomic E-state index is 15.2. The van der Waals surface area contributed by atoms with Gasteiger partial charge in [-0.15, -0.1) is 0 Å². The van der Waals surface area contributed by atoms with Crippen LogP contribution in [0.4, 0.5) is 4.39 Å². The third-order valence-corrected chi connectivity index (χ3v) is 7.07. The third-order valence-electron chi connectivity index (χ3n) is 6.74. The van der Waals surface area contributed by atoms with Gasteiger partial charge in [-0.05, 0) is 49.4 Å². The number of furan rings is 1. The average Bonchev–Trinajstić information content (AvgIpc) is 3.53. The summed E-state index contributed by atoms with van der Waals surface area (Å²) in [6, 6.07) is 11.4. The lowest BCUT2D eigenvalue weighted by atomic mass is 10.0. The minimum absolute atomic E-state index is 0.0463. The normalized spacial score (nSPS) is 12.3. The number of hydrogen-bond donors (Lipinski definition) is 3. The molecular weight excluding hydrogens is 555 g/mol. The van der Waals surface area contributed by atoms with Crippen molar-refractivity contribution in [2.45, 2.75) is 19.5 Å². The number of ether oxygens (including phenoxy) is 1. The summed E-state index contributed by atoms with van der Waals surface area (Å²) in [6.45, 7) is 1.38. The summed E-state index contributed by atoms with van der Waals surface area (Å²) >= 11 is 6.56. The molecule has 0 bridgehead atoms. The Balaban J connectivity index is 1.57. The first kappa shape index (κ1) is 26.2. The Labute approximate surface area is 234 Å². The highest BCUT2D eigenvalue weighted by Crippen LogP contribution is 2.40. The summed E-state index contributed by atoms with van der Waals surface area (Å²) in [5, 5.41) is 11.5. The lowest BCUT2D eigenvalue weighted by molar-refractivity contribution is -0.135. The number of nitrogens with one attached hydrogen (secondary N) is 1. The highest BCUT2D eigenvalue weighted by atomic mass is 35.5. The van der Waals surface area contributed by atoms with Gasteiger partial charge in [-0.1, -0.05) is 11.6 Å². The van der Waals surface area contributed by atoms with Crippen molar-refractivity contribution in [3.63, 3.8) is 0 Å². The second-order valence-corrected chi connectivity index (χ2v) is 9.80. The number of hydrogen-bond acceptors (Lipinski definition) is 7. The molecule has 0 spiro atoms. The lowest BCUT2D eigenvalue weighted by Gasteiger charge is -2.12. The Morgan fingerprint density at radius 1 is 1.24 bits per heavy atom. The summed E-state index contributed by atoms with van der Waals surface area (Å²) in [5.74, 6) is -2.35. The quantitative estimate of drug-likeness (QED) is 0.141. The standard InChI is InChI=1S/C29H20ClFN4O6/c1-13(32)29(39)41-16-5-4-14-9-15(26(30)34-20(14)10-16)12-35-21-11-19(31)17-6-8-40-25(17)23(21)22(24(35)28(37)38)18-3-2-7-33-27(18)36/h2-11,13H,12,32H2,1H3,(H,33,36)(H,37,38)/t13-/m1/s1. The Bertz CT molecular complexity index is 2100. The monoisotopic (exact) mass is 574 g/mol. The lowest BCUT2D eigenvalue weighted by Crippen LogP contribution is -2.30. The van der Waals surface area contributed by atoms with Gasteiger partial charge in [0.05, 0.1) is 40.2 Å². The van der Waals surface area contributed by atoms with Crippen LogP contribution in [-0.4, -0.2) is 37.6 Å². The predicted molar refractivity (Wildman–Crippen MR) is 150 cm³/mol. The molecule has 0 fully saturated rings. The first-order valence-corrected chi connectivity index (χ1v) is 12.7. The number of nitrogens with two attached hydrogens (primary N) is 1. The number of H-pyrrole nitrogens is 1. The molecule has 0 radical (unpaired) electrons. The van der Waals surface area contributed by atoms with Gasteiger partial charge in [0, 0.05) is 28.8 Å². The zero-order valence-corrected chi connectivity index (χ0v) is 22.0. The molecule has 0 saturated carbocycles. The van der Waals surface area contributed by atoms with Gasteiger partial charge in [0.15, 0.2) is 0 Å². The maximum Gasteiger partial charge on any atom is 0.353 e.